The topological polar surface area (TPSA) is 101 Å². The van der Waals surface area contributed by atoms with Gasteiger partial charge in [-0.05, 0) is 48.0 Å². The van der Waals surface area contributed by atoms with E-state index in [4.69, 9.17) is 4.74 Å². The Balaban J connectivity index is 1.54. The number of sulfone groups is 1. The summed E-state index contributed by atoms with van der Waals surface area (Å²) in [4.78, 5) is 19.1. The number of rotatable bonds is 6. The number of aromatic amines is 1. The Bertz CT molecular complexity index is 1360. The third-order valence-electron chi connectivity index (χ3n) is 4.68. The van der Waals surface area contributed by atoms with Gasteiger partial charge in [0.15, 0.2) is 9.84 Å². The largest absolute Gasteiger partial charge is 0.486 e. The van der Waals surface area contributed by atoms with Crippen molar-refractivity contribution in [1.82, 2.24) is 9.97 Å². The first-order valence-corrected chi connectivity index (χ1v) is 11.5. The Morgan fingerprint density at radius 3 is 2.52 bits per heavy atom. The number of fused-ring (bicyclic) bond motifs is 1. The van der Waals surface area contributed by atoms with Gasteiger partial charge in [0.25, 0.3) is 0 Å². The molecule has 0 fully saturated rings. The van der Waals surface area contributed by atoms with Gasteiger partial charge < -0.3 is 15.0 Å². The van der Waals surface area contributed by atoms with Gasteiger partial charge in [0.2, 0.25) is 5.91 Å². The molecule has 7 nitrogen and oxygen atoms in total. The lowest BCUT2D eigenvalue weighted by atomic mass is 10.1. The lowest BCUT2D eigenvalue weighted by Crippen LogP contribution is -2.05. The van der Waals surface area contributed by atoms with Crippen molar-refractivity contribution in [2.45, 2.75) is 18.4 Å². The number of carbonyl (C=O) groups excluding carboxylic acids is 1. The maximum Gasteiger partial charge on any atom is 0.221 e. The second kappa shape index (κ2) is 8.23. The second-order valence-electron chi connectivity index (χ2n) is 7.18. The number of hydrogen-bond acceptors (Lipinski definition) is 5. The molecular formula is C23H21N3O4S. The van der Waals surface area contributed by atoms with Crippen LogP contribution in [0.1, 0.15) is 12.7 Å². The number of carbonyl (C=O) groups is 1. The zero-order valence-corrected chi connectivity index (χ0v) is 17.9. The van der Waals surface area contributed by atoms with E-state index in [-0.39, 0.29) is 12.5 Å². The van der Waals surface area contributed by atoms with Gasteiger partial charge in [0.05, 0.1) is 15.9 Å². The Labute approximate surface area is 180 Å². The van der Waals surface area contributed by atoms with Crippen LogP contribution >= 0.6 is 0 Å². The van der Waals surface area contributed by atoms with Gasteiger partial charge in [-0.25, -0.2) is 13.4 Å². The van der Waals surface area contributed by atoms with Crippen LogP contribution in [0.2, 0.25) is 0 Å². The number of ether oxygens (including phenoxy) is 1. The zero-order chi connectivity index (χ0) is 22.0. The molecule has 0 saturated carbocycles. The summed E-state index contributed by atoms with van der Waals surface area (Å²) >= 11 is 0. The molecule has 2 N–H and O–H groups in total. The molecule has 8 heteroatoms. The first kappa shape index (κ1) is 20.6. The van der Waals surface area contributed by atoms with Crippen LogP contribution < -0.4 is 10.1 Å². The minimum atomic E-state index is -3.35. The Morgan fingerprint density at radius 1 is 1.06 bits per heavy atom. The molecule has 4 rings (SSSR count). The quantitative estimate of drug-likeness (QED) is 0.473. The summed E-state index contributed by atoms with van der Waals surface area (Å²) in [6.07, 6.45) is 1.21. The highest BCUT2D eigenvalue weighted by Gasteiger charge is 2.15. The average molecular weight is 436 g/mol. The van der Waals surface area contributed by atoms with E-state index < -0.39 is 9.84 Å². The average Bonchev–Trinajstić information content (AvgIpc) is 3.14. The number of H-pyrrole nitrogens is 1. The van der Waals surface area contributed by atoms with Crippen LogP contribution in [0.25, 0.3) is 22.2 Å². The van der Waals surface area contributed by atoms with Crippen molar-refractivity contribution in [3.05, 3.63) is 72.6 Å². The molecule has 0 spiro atoms. The molecule has 158 valence electrons. The number of amides is 1. The van der Waals surface area contributed by atoms with Gasteiger partial charge in [-0.1, -0.05) is 24.3 Å². The molecule has 0 saturated heterocycles. The highest BCUT2D eigenvalue weighted by Crippen LogP contribution is 2.29. The fraction of sp³-hybridized carbons (Fsp3) is 0.130. The number of hydrogen-bond donors (Lipinski definition) is 2. The van der Waals surface area contributed by atoms with Gasteiger partial charge in [0, 0.05) is 24.4 Å². The van der Waals surface area contributed by atoms with Crippen LogP contribution in [-0.4, -0.2) is 30.5 Å². The molecule has 0 bridgehead atoms. The molecule has 1 amide bonds. The molecule has 3 aromatic carbocycles. The lowest BCUT2D eigenvalue weighted by molar-refractivity contribution is -0.114. The monoisotopic (exact) mass is 435 g/mol. The molecular weight excluding hydrogens is 414 g/mol. The first-order valence-electron chi connectivity index (χ1n) is 9.58. The highest BCUT2D eigenvalue weighted by atomic mass is 32.2. The van der Waals surface area contributed by atoms with Gasteiger partial charge in [-0.3, -0.25) is 4.79 Å². The van der Waals surface area contributed by atoms with E-state index >= 15 is 0 Å². The summed E-state index contributed by atoms with van der Waals surface area (Å²) in [6.45, 7) is 1.70. The van der Waals surface area contributed by atoms with E-state index in [1.807, 2.05) is 24.3 Å². The lowest BCUT2D eigenvalue weighted by Gasteiger charge is -2.07. The smallest absolute Gasteiger partial charge is 0.221 e. The molecule has 1 aromatic heterocycles. The summed E-state index contributed by atoms with van der Waals surface area (Å²) in [5, 5.41) is 2.70. The molecule has 0 atom stereocenters. The number of aromatic nitrogens is 2. The predicted octanol–water partition coefficient (Wildman–Crippen LogP) is 4.17. The van der Waals surface area contributed by atoms with E-state index in [9.17, 15) is 13.2 Å². The fourth-order valence-electron chi connectivity index (χ4n) is 3.32. The number of imidazole rings is 1. The van der Waals surface area contributed by atoms with E-state index in [0.29, 0.717) is 27.7 Å². The first-order chi connectivity index (χ1) is 14.8. The molecule has 4 aromatic rings. The van der Waals surface area contributed by atoms with Crippen LogP contribution in [0.15, 0.2) is 71.6 Å². The molecule has 0 aliphatic carbocycles. The van der Waals surface area contributed by atoms with E-state index in [2.05, 4.69) is 15.3 Å². The third-order valence-corrected chi connectivity index (χ3v) is 5.83. The molecule has 0 aliphatic rings. The summed E-state index contributed by atoms with van der Waals surface area (Å²) < 4.78 is 30.0. The van der Waals surface area contributed by atoms with Gasteiger partial charge in [0.1, 0.15) is 18.2 Å². The number of benzene rings is 3. The molecule has 1 heterocycles. The zero-order valence-electron chi connectivity index (χ0n) is 17.0. The van der Waals surface area contributed by atoms with Crippen LogP contribution in [0.4, 0.5) is 5.69 Å². The number of nitrogens with one attached hydrogen (secondary N) is 2. The SMILES string of the molecule is CC(=O)Nc1ccc(OCc2nc3ccc(-c4ccccc4S(C)(=O)=O)cc3[nH]2)cc1. The van der Waals surface area contributed by atoms with Gasteiger partial charge in [-0.15, -0.1) is 0 Å². The van der Waals surface area contributed by atoms with Crippen LogP contribution in [-0.2, 0) is 21.2 Å². The van der Waals surface area contributed by atoms with Gasteiger partial charge in [-0.2, -0.15) is 0 Å². The Hall–Kier alpha value is -3.65. The molecule has 31 heavy (non-hydrogen) atoms. The standard InChI is InChI=1S/C23H21N3O4S/c1-15(27)24-17-8-10-18(11-9-17)30-14-23-25-20-12-7-16(13-21(20)26-23)19-5-3-4-6-22(19)31(2,28)29/h3-13H,14H2,1-2H3,(H,24,27)(H,25,26). The second-order valence-corrected chi connectivity index (χ2v) is 9.16. The van der Waals surface area contributed by atoms with Crippen molar-refractivity contribution in [3.63, 3.8) is 0 Å². The van der Waals surface area contributed by atoms with E-state index in [0.717, 1.165) is 16.6 Å². The number of anilines is 1. The fourth-order valence-corrected chi connectivity index (χ4v) is 4.23. The summed E-state index contributed by atoms with van der Waals surface area (Å²) in [6, 6.07) is 19.6. The maximum absolute atomic E-state index is 12.1. The summed E-state index contributed by atoms with van der Waals surface area (Å²) in [5.41, 5.74) is 3.70. The summed E-state index contributed by atoms with van der Waals surface area (Å²) in [5.74, 6) is 1.17. The van der Waals surface area contributed by atoms with Crippen molar-refractivity contribution in [2.24, 2.45) is 0 Å². The highest BCUT2D eigenvalue weighted by molar-refractivity contribution is 7.90. The minimum Gasteiger partial charge on any atom is -0.486 e. The molecule has 0 unspecified atom stereocenters. The Morgan fingerprint density at radius 2 is 1.81 bits per heavy atom. The van der Waals surface area contributed by atoms with E-state index in [1.54, 1.807) is 42.5 Å². The summed E-state index contributed by atoms with van der Waals surface area (Å²) in [7, 11) is -3.35. The minimum absolute atomic E-state index is 0.130. The van der Waals surface area contributed by atoms with E-state index in [1.165, 1.54) is 13.2 Å². The normalized spacial score (nSPS) is 11.4. The van der Waals surface area contributed by atoms with Crippen LogP contribution in [0.3, 0.4) is 0 Å². The van der Waals surface area contributed by atoms with Crippen LogP contribution in [0.5, 0.6) is 5.75 Å². The predicted molar refractivity (Wildman–Crippen MR) is 120 cm³/mol. The van der Waals surface area contributed by atoms with Crippen molar-refractivity contribution in [1.29, 1.82) is 0 Å². The Kier molecular flexibility index (Phi) is 5.48. The van der Waals surface area contributed by atoms with Crippen molar-refractivity contribution >= 4 is 32.5 Å². The van der Waals surface area contributed by atoms with Gasteiger partial charge >= 0.3 is 0 Å². The maximum atomic E-state index is 12.1. The third kappa shape index (κ3) is 4.75. The molecule has 0 aliphatic heterocycles. The van der Waals surface area contributed by atoms with Crippen LogP contribution in [0, 0.1) is 0 Å². The van der Waals surface area contributed by atoms with Crippen molar-refractivity contribution < 1.29 is 17.9 Å². The van der Waals surface area contributed by atoms with Crippen molar-refractivity contribution in [2.75, 3.05) is 11.6 Å². The van der Waals surface area contributed by atoms with Crippen molar-refractivity contribution in [3.8, 4) is 16.9 Å². The molecule has 0 radical (unpaired) electrons. The number of nitrogens with zero attached hydrogens (tertiary/aromatic N) is 1.